The van der Waals surface area contributed by atoms with Crippen LogP contribution in [0.5, 0.6) is 0 Å². The summed E-state index contributed by atoms with van der Waals surface area (Å²) in [4.78, 5) is 12.9. The average molecular weight is 275 g/mol. The molecule has 0 spiro atoms. The molecule has 0 saturated carbocycles. The number of aromatic nitrogens is 2. The van der Waals surface area contributed by atoms with Crippen LogP contribution in [0, 0.1) is 5.92 Å². The number of anilines is 1. The van der Waals surface area contributed by atoms with Gasteiger partial charge in [0.05, 0.1) is 5.92 Å². The van der Waals surface area contributed by atoms with Gasteiger partial charge in [-0.1, -0.05) is 41.7 Å². The van der Waals surface area contributed by atoms with Gasteiger partial charge in [-0.15, -0.1) is 10.2 Å². The first-order valence-electron chi connectivity index (χ1n) is 6.11. The molecule has 0 aliphatic carbocycles. The number of hydrogen-bond donors (Lipinski definition) is 1. The summed E-state index contributed by atoms with van der Waals surface area (Å²) in [7, 11) is 0. The van der Waals surface area contributed by atoms with Crippen molar-refractivity contribution in [3.8, 4) is 10.6 Å². The summed E-state index contributed by atoms with van der Waals surface area (Å²) in [5, 5.41) is 19.0. The monoisotopic (exact) mass is 275 g/mol. The molecule has 1 N–H and O–H groups in total. The molecule has 1 aliphatic rings. The van der Waals surface area contributed by atoms with E-state index < -0.39 is 5.97 Å². The third-order valence-electron chi connectivity index (χ3n) is 3.24. The molecule has 2 heterocycles. The summed E-state index contributed by atoms with van der Waals surface area (Å²) in [5.74, 6) is -1.01. The number of aliphatic carboxylic acids is 1. The third kappa shape index (κ3) is 2.44. The van der Waals surface area contributed by atoms with Crippen molar-refractivity contribution in [2.45, 2.75) is 6.42 Å². The first-order chi connectivity index (χ1) is 9.24. The molecule has 5 nitrogen and oxygen atoms in total. The zero-order valence-electron chi connectivity index (χ0n) is 10.2. The van der Waals surface area contributed by atoms with Crippen LogP contribution in [0.3, 0.4) is 0 Å². The van der Waals surface area contributed by atoms with Gasteiger partial charge in [-0.05, 0) is 6.42 Å². The topological polar surface area (TPSA) is 66.3 Å². The van der Waals surface area contributed by atoms with Crippen LogP contribution in [-0.4, -0.2) is 34.4 Å². The predicted octanol–water partition coefficient (Wildman–Crippen LogP) is 2.12. The van der Waals surface area contributed by atoms with Gasteiger partial charge < -0.3 is 10.0 Å². The van der Waals surface area contributed by atoms with E-state index in [4.69, 9.17) is 5.11 Å². The lowest BCUT2D eigenvalue weighted by Gasteiger charge is -2.12. The van der Waals surface area contributed by atoms with E-state index in [1.807, 2.05) is 35.2 Å². The molecule has 0 amide bonds. The summed E-state index contributed by atoms with van der Waals surface area (Å²) in [6, 6.07) is 9.88. The van der Waals surface area contributed by atoms with E-state index in [0.717, 1.165) is 22.2 Å². The maximum atomic E-state index is 10.9. The number of benzene rings is 1. The van der Waals surface area contributed by atoms with Gasteiger partial charge >= 0.3 is 5.97 Å². The van der Waals surface area contributed by atoms with E-state index in [9.17, 15) is 4.79 Å². The second kappa shape index (κ2) is 4.97. The van der Waals surface area contributed by atoms with Crippen molar-refractivity contribution in [3.05, 3.63) is 30.3 Å². The highest BCUT2D eigenvalue weighted by molar-refractivity contribution is 7.18. The van der Waals surface area contributed by atoms with Gasteiger partial charge in [0, 0.05) is 18.7 Å². The van der Waals surface area contributed by atoms with Gasteiger partial charge in [-0.3, -0.25) is 4.79 Å². The molecule has 0 bridgehead atoms. The van der Waals surface area contributed by atoms with Crippen molar-refractivity contribution in [2.75, 3.05) is 18.0 Å². The van der Waals surface area contributed by atoms with Gasteiger partial charge in [0.25, 0.3) is 0 Å². The molecule has 1 aromatic heterocycles. The minimum absolute atomic E-state index is 0.288. The molecule has 3 rings (SSSR count). The van der Waals surface area contributed by atoms with Crippen LogP contribution in [0.15, 0.2) is 30.3 Å². The summed E-state index contributed by atoms with van der Waals surface area (Å²) in [6.45, 7) is 1.26. The Bertz CT molecular complexity index is 585. The zero-order chi connectivity index (χ0) is 13.2. The molecule has 0 radical (unpaired) electrons. The predicted molar refractivity (Wildman–Crippen MR) is 73.3 cm³/mol. The Kier molecular flexibility index (Phi) is 3.16. The molecular formula is C13H13N3O2S. The molecule has 6 heteroatoms. The highest BCUT2D eigenvalue weighted by Crippen LogP contribution is 2.31. The number of carboxylic acid groups (broad SMARTS) is 1. The second-order valence-corrected chi connectivity index (χ2v) is 5.48. The average Bonchev–Trinajstić information content (AvgIpc) is 3.09. The van der Waals surface area contributed by atoms with Crippen LogP contribution < -0.4 is 4.90 Å². The Hall–Kier alpha value is -1.95. The molecule has 1 fully saturated rings. The first kappa shape index (κ1) is 12.1. The van der Waals surface area contributed by atoms with Crippen molar-refractivity contribution >= 4 is 22.4 Å². The lowest BCUT2D eigenvalue weighted by molar-refractivity contribution is -0.140. The fourth-order valence-electron chi connectivity index (χ4n) is 2.18. The van der Waals surface area contributed by atoms with Crippen molar-refractivity contribution in [2.24, 2.45) is 5.92 Å². The van der Waals surface area contributed by atoms with E-state index in [-0.39, 0.29) is 5.92 Å². The van der Waals surface area contributed by atoms with E-state index in [1.165, 1.54) is 11.3 Å². The van der Waals surface area contributed by atoms with Crippen LogP contribution in [0.1, 0.15) is 6.42 Å². The number of carbonyl (C=O) groups is 1. The molecule has 1 saturated heterocycles. The van der Waals surface area contributed by atoms with Gasteiger partial charge in [0.2, 0.25) is 5.13 Å². The molecule has 1 aliphatic heterocycles. The molecule has 1 unspecified atom stereocenters. The van der Waals surface area contributed by atoms with Crippen LogP contribution in [-0.2, 0) is 4.79 Å². The summed E-state index contributed by atoms with van der Waals surface area (Å²) in [6.07, 6.45) is 0.676. The Morgan fingerprint density at radius 3 is 2.79 bits per heavy atom. The lowest BCUT2D eigenvalue weighted by atomic mass is 10.1. The molecular weight excluding hydrogens is 262 g/mol. The number of hydrogen-bond acceptors (Lipinski definition) is 5. The van der Waals surface area contributed by atoms with Crippen LogP contribution in [0.25, 0.3) is 10.6 Å². The Morgan fingerprint density at radius 1 is 1.32 bits per heavy atom. The van der Waals surface area contributed by atoms with E-state index in [1.54, 1.807) is 0 Å². The van der Waals surface area contributed by atoms with Crippen molar-refractivity contribution in [1.82, 2.24) is 10.2 Å². The minimum Gasteiger partial charge on any atom is -0.481 e. The Labute approximate surface area is 114 Å². The van der Waals surface area contributed by atoms with Gasteiger partial charge in [0.15, 0.2) is 0 Å². The maximum absolute atomic E-state index is 10.9. The van der Waals surface area contributed by atoms with Crippen molar-refractivity contribution in [3.63, 3.8) is 0 Å². The van der Waals surface area contributed by atoms with Gasteiger partial charge in [0.1, 0.15) is 5.01 Å². The lowest BCUT2D eigenvalue weighted by Crippen LogP contribution is -2.22. The minimum atomic E-state index is -0.727. The second-order valence-electron chi connectivity index (χ2n) is 4.53. The first-order valence-corrected chi connectivity index (χ1v) is 6.92. The third-order valence-corrected chi connectivity index (χ3v) is 4.28. The molecule has 1 atom stereocenters. The van der Waals surface area contributed by atoms with E-state index in [0.29, 0.717) is 13.0 Å². The fraction of sp³-hybridized carbons (Fsp3) is 0.308. The summed E-state index contributed by atoms with van der Waals surface area (Å²) in [5.41, 5.74) is 1.04. The zero-order valence-corrected chi connectivity index (χ0v) is 11.0. The summed E-state index contributed by atoms with van der Waals surface area (Å²) < 4.78 is 0. The quantitative estimate of drug-likeness (QED) is 0.929. The van der Waals surface area contributed by atoms with Crippen LogP contribution >= 0.6 is 11.3 Å². The Balaban J connectivity index is 1.78. The smallest absolute Gasteiger partial charge is 0.308 e. The van der Waals surface area contributed by atoms with Crippen molar-refractivity contribution in [1.29, 1.82) is 0 Å². The van der Waals surface area contributed by atoms with Gasteiger partial charge in [-0.25, -0.2) is 0 Å². The van der Waals surface area contributed by atoms with Crippen molar-refractivity contribution < 1.29 is 9.90 Å². The molecule has 19 heavy (non-hydrogen) atoms. The number of nitrogens with zero attached hydrogens (tertiary/aromatic N) is 3. The number of rotatable bonds is 3. The SMILES string of the molecule is O=C(O)C1CCN(c2nnc(-c3ccccc3)s2)C1. The van der Waals surface area contributed by atoms with E-state index in [2.05, 4.69) is 10.2 Å². The molecule has 2 aromatic rings. The highest BCUT2D eigenvalue weighted by atomic mass is 32.1. The largest absolute Gasteiger partial charge is 0.481 e. The van der Waals surface area contributed by atoms with Crippen LogP contribution in [0.2, 0.25) is 0 Å². The normalized spacial score (nSPS) is 18.7. The van der Waals surface area contributed by atoms with Gasteiger partial charge in [-0.2, -0.15) is 0 Å². The number of carboxylic acids is 1. The summed E-state index contributed by atoms with van der Waals surface area (Å²) >= 11 is 1.51. The Morgan fingerprint density at radius 2 is 2.11 bits per heavy atom. The fourth-order valence-corrected chi connectivity index (χ4v) is 3.06. The standard InChI is InChI=1S/C13H13N3O2S/c17-12(18)10-6-7-16(8-10)13-15-14-11(19-13)9-4-2-1-3-5-9/h1-5,10H,6-8H2,(H,17,18). The van der Waals surface area contributed by atoms with Crippen LogP contribution in [0.4, 0.5) is 5.13 Å². The maximum Gasteiger partial charge on any atom is 0.308 e. The highest BCUT2D eigenvalue weighted by Gasteiger charge is 2.29. The molecule has 1 aromatic carbocycles. The molecule has 98 valence electrons. The van der Waals surface area contributed by atoms with E-state index >= 15 is 0 Å².